The van der Waals surface area contributed by atoms with Gasteiger partial charge < -0.3 is 5.32 Å². The number of aromatic nitrogens is 2. The molecule has 0 spiro atoms. The summed E-state index contributed by atoms with van der Waals surface area (Å²) in [6.07, 6.45) is 1.76. The second kappa shape index (κ2) is 4.07. The van der Waals surface area contributed by atoms with Crippen LogP contribution in [0.25, 0.3) is 21.8 Å². The van der Waals surface area contributed by atoms with Gasteiger partial charge in [0.2, 0.25) is 0 Å². The Labute approximate surface area is 104 Å². The lowest BCUT2D eigenvalue weighted by Crippen LogP contribution is -2.19. The molecule has 4 nitrogen and oxygen atoms in total. The summed E-state index contributed by atoms with van der Waals surface area (Å²) in [5.41, 5.74) is 2.34. The van der Waals surface area contributed by atoms with E-state index in [0.717, 1.165) is 21.8 Å². The summed E-state index contributed by atoms with van der Waals surface area (Å²) in [5.74, 6) is 0.310. The molecule has 2 heterocycles. The minimum absolute atomic E-state index is 0.310. The summed E-state index contributed by atoms with van der Waals surface area (Å²) in [6.45, 7) is 0. The van der Waals surface area contributed by atoms with Gasteiger partial charge in [-0.25, -0.2) is 4.98 Å². The van der Waals surface area contributed by atoms with Crippen LogP contribution in [0.2, 0.25) is 0 Å². The lowest BCUT2D eigenvalue weighted by Gasteiger charge is -2.06. The van der Waals surface area contributed by atoms with Gasteiger partial charge in [-0.3, -0.25) is 10.4 Å². The van der Waals surface area contributed by atoms with E-state index in [4.69, 9.17) is 5.41 Å². The number of nitrogens with one attached hydrogen (secondary N) is 2. The smallest absolute Gasteiger partial charge is 0.144 e. The molecule has 0 fully saturated rings. The van der Waals surface area contributed by atoms with E-state index in [2.05, 4.69) is 15.3 Å². The summed E-state index contributed by atoms with van der Waals surface area (Å²) in [4.78, 5) is 8.91. The Bertz CT molecular complexity index is 749. The molecule has 0 atom stereocenters. The van der Waals surface area contributed by atoms with Crippen molar-refractivity contribution in [3.8, 4) is 0 Å². The molecule has 0 aliphatic heterocycles. The molecular formula is C14H12N4. The van der Waals surface area contributed by atoms with E-state index in [1.807, 2.05) is 36.4 Å². The summed E-state index contributed by atoms with van der Waals surface area (Å²) in [6, 6.07) is 11.8. The van der Waals surface area contributed by atoms with Gasteiger partial charge in [0.05, 0.1) is 11.0 Å². The second-order valence-corrected chi connectivity index (χ2v) is 4.03. The van der Waals surface area contributed by atoms with Crippen LogP contribution in [0.1, 0.15) is 5.69 Å². The van der Waals surface area contributed by atoms with Crippen LogP contribution in [0.15, 0.2) is 42.6 Å². The maximum atomic E-state index is 7.77. The van der Waals surface area contributed by atoms with Crippen LogP contribution in [-0.2, 0) is 0 Å². The number of hydrogen-bond donors (Lipinski definition) is 2. The van der Waals surface area contributed by atoms with Crippen LogP contribution in [0, 0.1) is 5.41 Å². The molecule has 0 aliphatic rings. The van der Waals surface area contributed by atoms with Gasteiger partial charge in [-0.05, 0) is 12.1 Å². The SMILES string of the molecule is CNC(=N)c1ccc2ccc3cccnc3c2n1. The van der Waals surface area contributed by atoms with Crippen molar-refractivity contribution in [2.24, 2.45) is 0 Å². The number of amidine groups is 1. The third kappa shape index (κ3) is 1.59. The molecule has 0 unspecified atom stereocenters. The molecular weight excluding hydrogens is 224 g/mol. The highest BCUT2D eigenvalue weighted by molar-refractivity contribution is 6.05. The standard InChI is InChI=1S/C14H12N4/c1-16-14(15)11-7-6-10-5-4-9-3-2-8-17-12(9)13(10)18-11/h2-8H,1H3,(H2,15,16). The Balaban J connectivity index is 2.36. The molecule has 88 valence electrons. The Morgan fingerprint density at radius 3 is 2.56 bits per heavy atom. The van der Waals surface area contributed by atoms with E-state index in [1.165, 1.54) is 0 Å². The molecule has 0 saturated heterocycles. The van der Waals surface area contributed by atoms with Crippen LogP contribution in [-0.4, -0.2) is 22.9 Å². The highest BCUT2D eigenvalue weighted by Crippen LogP contribution is 2.21. The predicted molar refractivity (Wildman–Crippen MR) is 72.9 cm³/mol. The Kier molecular flexibility index (Phi) is 2.41. The molecule has 4 heteroatoms. The van der Waals surface area contributed by atoms with Crippen molar-refractivity contribution in [1.29, 1.82) is 5.41 Å². The Hall–Kier alpha value is -2.49. The summed E-state index contributed by atoms with van der Waals surface area (Å²) < 4.78 is 0. The van der Waals surface area contributed by atoms with Crippen LogP contribution in [0.4, 0.5) is 0 Å². The van der Waals surface area contributed by atoms with Crippen molar-refractivity contribution < 1.29 is 0 Å². The largest absolute Gasteiger partial charge is 0.372 e. The molecule has 0 saturated carbocycles. The Morgan fingerprint density at radius 2 is 1.78 bits per heavy atom. The van der Waals surface area contributed by atoms with Crippen molar-refractivity contribution in [2.45, 2.75) is 0 Å². The molecule has 0 bridgehead atoms. The molecule has 0 radical (unpaired) electrons. The van der Waals surface area contributed by atoms with Gasteiger partial charge in [0, 0.05) is 24.0 Å². The van der Waals surface area contributed by atoms with E-state index in [-0.39, 0.29) is 0 Å². The fourth-order valence-corrected chi connectivity index (χ4v) is 1.99. The summed E-state index contributed by atoms with van der Waals surface area (Å²) >= 11 is 0. The third-order valence-corrected chi connectivity index (χ3v) is 2.94. The van der Waals surface area contributed by atoms with Crippen molar-refractivity contribution in [1.82, 2.24) is 15.3 Å². The lowest BCUT2D eigenvalue weighted by atomic mass is 10.1. The van der Waals surface area contributed by atoms with E-state index in [0.29, 0.717) is 11.5 Å². The number of benzene rings is 1. The number of rotatable bonds is 1. The second-order valence-electron chi connectivity index (χ2n) is 4.03. The maximum Gasteiger partial charge on any atom is 0.144 e. The number of fused-ring (bicyclic) bond motifs is 3. The van der Waals surface area contributed by atoms with Crippen LogP contribution in [0.3, 0.4) is 0 Å². The maximum absolute atomic E-state index is 7.77. The molecule has 0 amide bonds. The fourth-order valence-electron chi connectivity index (χ4n) is 1.99. The monoisotopic (exact) mass is 236 g/mol. The zero-order valence-electron chi connectivity index (χ0n) is 9.94. The average Bonchev–Trinajstić information content (AvgIpc) is 2.45. The molecule has 1 aromatic carbocycles. The molecule has 2 N–H and O–H groups in total. The number of nitrogens with zero attached hydrogens (tertiary/aromatic N) is 2. The fraction of sp³-hybridized carbons (Fsp3) is 0.0714. The molecule has 2 aromatic heterocycles. The van der Waals surface area contributed by atoms with Crippen molar-refractivity contribution >= 4 is 27.6 Å². The van der Waals surface area contributed by atoms with E-state index in [1.54, 1.807) is 13.2 Å². The lowest BCUT2D eigenvalue weighted by molar-refractivity contribution is 1.12. The molecule has 3 rings (SSSR count). The van der Waals surface area contributed by atoms with Gasteiger partial charge >= 0.3 is 0 Å². The third-order valence-electron chi connectivity index (χ3n) is 2.94. The van der Waals surface area contributed by atoms with Gasteiger partial charge in [0.15, 0.2) is 0 Å². The minimum Gasteiger partial charge on any atom is -0.372 e. The van der Waals surface area contributed by atoms with E-state index in [9.17, 15) is 0 Å². The van der Waals surface area contributed by atoms with Gasteiger partial charge in [0.1, 0.15) is 11.5 Å². The van der Waals surface area contributed by atoms with E-state index >= 15 is 0 Å². The Morgan fingerprint density at radius 1 is 1.06 bits per heavy atom. The van der Waals surface area contributed by atoms with Gasteiger partial charge in [-0.2, -0.15) is 0 Å². The van der Waals surface area contributed by atoms with Crippen LogP contribution >= 0.6 is 0 Å². The first kappa shape index (κ1) is 10.7. The first-order valence-electron chi connectivity index (χ1n) is 5.71. The summed E-state index contributed by atoms with van der Waals surface area (Å²) in [5, 5.41) is 12.7. The zero-order valence-corrected chi connectivity index (χ0v) is 9.94. The minimum atomic E-state index is 0.310. The van der Waals surface area contributed by atoms with Gasteiger partial charge in [-0.1, -0.05) is 24.3 Å². The van der Waals surface area contributed by atoms with Crippen molar-refractivity contribution in [3.63, 3.8) is 0 Å². The van der Waals surface area contributed by atoms with Gasteiger partial charge in [0.25, 0.3) is 0 Å². The normalized spacial score (nSPS) is 10.7. The van der Waals surface area contributed by atoms with Crippen molar-refractivity contribution in [3.05, 3.63) is 48.3 Å². The molecule has 18 heavy (non-hydrogen) atoms. The zero-order chi connectivity index (χ0) is 12.5. The predicted octanol–water partition coefficient (Wildman–Crippen LogP) is 2.33. The number of pyridine rings is 2. The average molecular weight is 236 g/mol. The number of hydrogen-bond acceptors (Lipinski definition) is 3. The van der Waals surface area contributed by atoms with Crippen LogP contribution < -0.4 is 5.32 Å². The van der Waals surface area contributed by atoms with E-state index < -0.39 is 0 Å². The summed E-state index contributed by atoms with van der Waals surface area (Å²) in [7, 11) is 1.72. The first-order valence-corrected chi connectivity index (χ1v) is 5.71. The topological polar surface area (TPSA) is 61.7 Å². The highest BCUT2D eigenvalue weighted by atomic mass is 14.9. The van der Waals surface area contributed by atoms with Crippen molar-refractivity contribution in [2.75, 3.05) is 7.05 Å². The molecule has 0 aliphatic carbocycles. The van der Waals surface area contributed by atoms with Gasteiger partial charge in [-0.15, -0.1) is 0 Å². The quantitative estimate of drug-likeness (QED) is 0.387. The van der Waals surface area contributed by atoms with Crippen LogP contribution in [0.5, 0.6) is 0 Å². The molecule has 3 aromatic rings. The first-order chi connectivity index (χ1) is 8.79. The highest BCUT2D eigenvalue weighted by Gasteiger charge is 2.06.